The van der Waals surface area contributed by atoms with Gasteiger partial charge in [-0.1, -0.05) is 0 Å². The summed E-state index contributed by atoms with van der Waals surface area (Å²) >= 11 is 0. The first kappa shape index (κ1) is 31.4. The Morgan fingerprint density at radius 1 is 0.694 bits per heavy atom. The first-order valence-corrected chi connectivity index (χ1v) is 15.6. The molecule has 4 N–H and O–H groups in total. The summed E-state index contributed by atoms with van der Waals surface area (Å²) in [5, 5.41) is 8.20. The fourth-order valence-electron chi connectivity index (χ4n) is 5.84. The van der Waals surface area contributed by atoms with Crippen molar-refractivity contribution in [1.29, 1.82) is 0 Å². The molecule has 3 amide bonds. The zero-order valence-corrected chi connectivity index (χ0v) is 27.7. The van der Waals surface area contributed by atoms with Crippen LogP contribution in [-0.2, 0) is 28.2 Å². The van der Waals surface area contributed by atoms with Gasteiger partial charge in [0.1, 0.15) is 0 Å². The number of likely N-dealkylation sites (N-methyl/N-ethyl adjacent to an activating group) is 1. The quantitative estimate of drug-likeness (QED) is 0.190. The number of hydrogen-bond acceptors (Lipinski definition) is 9. The number of carbonyl (C=O) groups is 3. The number of piperazine rings is 1. The highest BCUT2D eigenvalue weighted by Gasteiger charge is 2.22. The lowest BCUT2D eigenvalue weighted by molar-refractivity contribution is 0.0998. The Balaban J connectivity index is 1.01. The van der Waals surface area contributed by atoms with Crippen LogP contribution in [0.3, 0.4) is 0 Å². The summed E-state index contributed by atoms with van der Waals surface area (Å²) in [6.45, 7) is 4.00. The van der Waals surface area contributed by atoms with Crippen molar-refractivity contribution in [3.8, 4) is 11.5 Å². The predicted molar refractivity (Wildman–Crippen MR) is 184 cm³/mol. The first-order chi connectivity index (χ1) is 23.5. The Morgan fingerprint density at radius 3 is 1.96 bits per heavy atom. The molecule has 1 fully saturated rings. The van der Waals surface area contributed by atoms with Crippen molar-refractivity contribution in [3.05, 3.63) is 72.7 Å². The van der Waals surface area contributed by atoms with E-state index in [9.17, 15) is 14.4 Å². The van der Waals surface area contributed by atoms with Crippen LogP contribution in [0.4, 0.5) is 23.0 Å². The van der Waals surface area contributed by atoms with Crippen LogP contribution in [-0.4, -0.2) is 99.0 Å². The first-order valence-electron chi connectivity index (χ1n) is 15.6. The molecule has 0 bridgehead atoms. The van der Waals surface area contributed by atoms with Crippen LogP contribution in [0.15, 0.2) is 55.2 Å². The summed E-state index contributed by atoms with van der Waals surface area (Å²) in [5.74, 6) is -0.146. The second kappa shape index (κ2) is 12.4. The van der Waals surface area contributed by atoms with Crippen LogP contribution in [0.25, 0.3) is 22.6 Å². The minimum absolute atomic E-state index is 0.0322. The van der Waals surface area contributed by atoms with E-state index < -0.39 is 17.7 Å². The van der Waals surface area contributed by atoms with Gasteiger partial charge in [-0.15, -0.1) is 0 Å². The maximum Gasteiger partial charge on any atom is 0.292 e. The van der Waals surface area contributed by atoms with Gasteiger partial charge in [0.15, 0.2) is 23.3 Å². The Hall–Kier alpha value is -6.23. The molecule has 0 saturated carbocycles. The summed E-state index contributed by atoms with van der Waals surface area (Å²) < 4.78 is 6.45. The summed E-state index contributed by atoms with van der Waals surface area (Å²) in [7, 11) is 9.01. The largest absolute Gasteiger partial charge is 0.369 e. The minimum atomic E-state index is -0.570. The van der Waals surface area contributed by atoms with E-state index in [-0.39, 0.29) is 29.1 Å². The molecule has 0 spiro atoms. The molecule has 17 nitrogen and oxygen atoms in total. The molecule has 6 heterocycles. The number of carbonyl (C=O) groups excluding carboxylic acids is 3. The highest BCUT2D eigenvalue weighted by Crippen LogP contribution is 2.28. The Labute approximate surface area is 280 Å². The van der Waals surface area contributed by atoms with E-state index in [4.69, 9.17) is 4.98 Å². The van der Waals surface area contributed by atoms with Crippen LogP contribution < -0.4 is 20.9 Å². The molecule has 5 aromatic heterocycles. The zero-order valence-electron chi connectivity index (χ0n) is 27.7. The SMILES string of the molecule is CN1CCN(c2ccc3[nH]c(-c4cc(NC(=O)c5nc(NC(=O)c6nc(NC(=O)c7nccn7C)cn6C)cn5C)cn4C)nc3c2)CC1. The van der Waals surface area contributed by atoms with Crippen molar-refractivity contribution in [2.45, 2.75) is 0 Å². The lowest BCUT2D eigenvalue weighted by Gasteiger charge is -2.34. The maximum absolute atomic E-state index is 13.3. The number of anilines is 4. The number of nitrogens with zero attached hydrogens (tertiary/aromatic N) is 10. The molecular formula is C32H36N14O3. The summed E-state index contributed by atoms with van der Waals surface area (Å²) in [4.78, 5) is 64.4. The van der Waals surface area contributed by atoms with E-state index >= 15 is 0 Å². The number of fused-ring (bicyclic) bond motifs is 1. The molecule has 1 aromatic carbocycles. The number of imidazole rings is 4. The normalized spacial score (nSPS) is 13.6. The highest BCUT2D eigenvalue weighted by molar-refractivity contribution is 6.05. The molecular weight excluding hydrogens is 628 g/mol. The van der Waals surface area contributed by atoms with Gasteiger partial charge in [0.2, 0.25) is 11.6 Å². The standard InChI is InChI=1S/C32H36N14O3/c1-41-10-12-46(13-11-41)20-6-7-21-22(15-20)36-26(35-21)23-14-19(16-43(23)3)34-31(48)28-37-25(18-44(28)4)40-32(49)29-38-24(17-45(29)5)39-30(47)27-33-8-9-42(27)2/h6-9,14-18H,10-13H2,1-5H3,(H,34,48)(H,35,36)(H,39,47)(H,40,49). The molecule has 0 radical (unpaired) electrons. The molecule has 0 aliphatic carbocycles. The van der Waals surface area contributed by atoms with Crippen LogP contribution in [0.5, 0.6) is 0 Å². The Morgan fingerprint density at radius 2 is 1.33 bits per heavy atom. The second-order valence-corrected chi connectivity index (χ2v) is 12.1. The molecule has 7 rings (SSSR count). The van der Waals surface area contributed by atoms with Crippen LogP contribution in [0.1, 0.15) is 31.9 Å². The molecule has 252 valence electrons. The van der Waals surface area contributed by atoms with Gasteiger partial charge in [-0.25, -0.2) is 19.9 Å². The number of hydrogen-bond donors (Lipinski definition) is 4. The fourth-order valence-corrected chi connectivity index (χ4v) is 5.84. The topological polar surface area (TPSA) is 181 Å². The molecule has 6 aromatic rings. The third-order valence-electron chi connectivity index (χ3n) is 8.51. The summed E-state index contributed by atoms with van der Waals surface area (Å²) in [6, 6.07) is 8.12. The minimum Gasteiger partial charge on any atom is -0.369 e. The fraction of sp³-hybridized carbons (Fsp3) is 0.281. The Bertz CT molecular complexity index is 2210. The number of rotatable bonds is 8. The van der Waals surface area contributed by atoms with E-state index in [0.29, 0.717) is 11.5 Å². The molecule has 1 aliphatic rings. The van der Waals surface area contributed by atoms with Gasteiger partial charge < -0.3 is 49.0 Å². The number of H-pyrrole nitrogens is 1. The average Bonchev–Trinajstić information content (AvgIpc) is 3.89. The lowest BCUT2D eigenvalue weighted by atomic mass is 10.2. The summed E-state index contributed by atoms with van der Waals surface area (Å²) in [6.07, 6.45) is 8.00. The number of amides is 3. The van der Waals surface area contributed by atoms with Gasteiger partial charge in [-0.3, -0.25) is 14.4 Å². The zero-order chi connectivity index (χ0) is 34.4. The average molecular weight is 665 g/mol. The number of benzene rings is 1. The van der Waals surface area contributed by atoms with E-state index in [1.165, 1.54) is 27.7 Å². The Kier molecular flexibility index (Phi) is 7.95. The van der Waals surface area contributed by atoms with Gasteiger partial charge in [0.05, 0.1) is 22.4 Å². The van der Waals surface area contributed by atoms with Gasteiger partial charge >= 0.3 is 0 Å². The molecule has 1 saturated heterocycles. The van der Waals surface area contributed by atoms with E-state index in [0.717, 1.165) is 48.6 Å². The number of nitrogens with one attached hydrogen (secondary N) is 4. The second-order valence-electron chi connectivity index (χ2n) is 12.1. The van der Waals surface area contributed by atoms with Gasteiger partial charge in [-0.05, 0) is 31.3 Å². The monoisotopic (exact) mass is 664 g/mol. The van der Waals surface area contributed by atoms with Crippen LogP contribution >= 0.6 is 0 Å². The third-order valence-corrected chi connectivity index (χ3v) is 8.51. The predicted octanol–water partition coefficient (Wildman–Crippen LogP) is 2.28. The molecule has 0 unspecified atom stereocenters. The van der Waals surface area contributed by atoms with Crippen molar-refractivity contribution in [3.63, 3.8) is 0 Å². The molecule has 49 heavy (non-hydrogen) atoms. The number of aromatic amines is 1. The van der Waals surface area contributed by atoms with Gasteiger partial charge in [-0.2, -0.15) is 0 Å². The molecule has 17 heteroatoms. The van der Waals surface area contributed by atoms with Crippen LogP contribution in [0, 0.1) is 0 Å². The summed E-state index contributed by atoms with van der Waals surface area (Å²) in [5.41, 5.74) is 4.31. The van der Waals surface area contributed by atoms with Crippen molar-refractivity contribution >= 4 is 51.8 Å². The van der Waals surface area contributed by atoms with Crippen molar-refractivity contribution in [2.24, 2.45) is 28.2 Å². The van der Waals surface area contributed by atoms with Crippen LogP contribution in [0.2, 0.25) is 0 Å². The van der Waals surface area contributed by atoms with Crippen molar-refractivity contribution < 1.29 is 14.4 Å². The van der Waals surface area contributed by atoms with Gasteiger partial charge in [0, 0.05) is 91.0 Å². The highest BCUT2D eigenvalue weighted by atomic mass is 16.2. The van der Waals surface area contributed by atoms with E-state index in [1.807, 2.05) is 17.7 Å². The maximum atomic E-state index is 13.3. The third kappa shape index (κ3) is 6.26. The smallest absolute Gasteiger partial charge is 0.292 e. The van der Waals surface area contributed by atoms with E-state index in [1.54, 1.807) is 38.1 Å². The van der Waals surface area contributed by atoms with Crippen molar-refractivity contribution in [2.75, 3.05) is 54.1 Å². The number of aryl methyl sites for hydroxylation is 4. The lowest BCUT2D eigenvalue weighted by Crippen LogP contribution is -2.44. The van der Waals surface area contributed by atoms with Crippen molar-refractivity contribution in [1.82, 2.24) is 48.1 Å². The van der Waals surface area contributed by atoms with E-state index in [2.05, 4.69) is 70.9 Å². The number of aromatic nitrogens is 9. The van der Waals surface area contributed by atoms with Gasteiger partial charge in [0.25, 0.3) is 17.7 Å². The molecule has 1 aliphatic heterocycles. The molecule has 0 atom stereocenters.